The van der Waals surface area contributed by atoms with Crippen LogP contribution in [-0.4, -0.2) is 99.6 Å². The number of methoxy groups -OCH3 is 2. The molecule has 4 N–H and O–H groups in total. The number of benzene rings is 3. The van der Waals surface area contributed by atoms with Crippen LogP contribution in [0.5, 0.6) is 23.3 Å². The number of carbonyl (C=O) groups excluding carboxylic acids is 1. The van der Waals surface area contributed by atoms with Gasteiger partial charge in [-0.15, -0.1) is 10.2 Å². The first-order valence-corrected chi connectivity index (χ1v) is 28.1. The summed E-state index contributed by atoms with van der Waals surface area (Å²) in [4.78, 5) is 23.1. The van der Waals surface area contributed by atoms with E-state index in [1.165, 1.54) is 25.7 Å². The number of carboxylic acid groups (broad SMARTS) is 2. The Hall–Kier alpha value is 3.20. The number of piperidine rings is 6. The molecule has 10 atom stereocenters. The predicted molar refractivity (Wildman–Crippen MR) is 270 cm³/mol. The maximum atomic E-state index is 8.63. The zero-order valence-corrected chi connectivity index (χ0v) is 77.3. The van der Waals surface area contributed by atoms with Gasteiger partial charge < -0.3 is 116 Å². The molecule has 0 spiro atoms. The first kappa shape index (κ1) is 111. The van der Waals surface area contributed by atoms with Crippen molar-refractivity contribution in [1.82, 2.24) is 30.0 Å². The van der Waals surface area contributed by atoms with Crippen molar-refractivity contribution in [3.8, 4) is 23.3 Å². The van der Waals surface area contributed by atoms with E-state index in [-0.39, 0.29) is 412 Å². The van der Waals surface area contributed by atoms with Crippen LogP contribution in [-0.2, 0) is 39.8 Å². The SMILES string of the molecule is CC[C@H]1CN2CC[C@H]1C[C@@H]2[C@@H](Oc1nnc(O[C@@H](c2ccnc3ccc(OC)cc23)[C@H]2C[C@@H]3CCN2C[C@@H]3CC)c2ccccc12)c1ccnc2ccc(OC)cc12.O.O.O=C([O-])[O-].[C-]#N.[C-]#N.[C-]#N.[C-]#N.[C-]#N.[C-]#N.[Fe+3].[K+].[K+].[K+].[K+].[K+].[K+].[K+].[O]=[Os](=[O])([O-])[O-]. The van der Waals surface area contributed by atoms with Crippen molar-refractivity contribution in [2.75, 3.05) is 40.4 Å². The average Bonchev–Trinajstić information content (AvgIpc) is 1.10. The first-order valence-electron chi connectivity index (χ1n) is 24.0. The fraction of sp³-hybridized carbons (Fsp3) is 0.400. The second-order valence-electron chi connectivity index (χ2n) is 17.6. The summed E-state index contributed by atoms with van der Waals surface area (Å²) in [6, 6.07) is 25.1. The third-order valence-corrected chi connectivity index (χ3v) is 14.3. The van der Waals surface area contributed by atoms with Crippen molar-refractivity contribution in [3.05, 3.63) is 136 Å². The summed E-state index contributed by atoms with van der Waals surface area (Å²) < 4.78 is 60.5. The number of hydrogen-bond donors (Lipinski definition) is 0. The van der Waals surface area contributed by atoms with Crippen molar-refractivity contribution in [3.63, 3.8) is 0 Å². The molecule has 6 aromatic rings. The van der Waals surface area contributed by atoms with E-state index in [0.29, 0.717) is 35.4 Å². The molecule has 89 heavy (non-hydrogen) atoms. The first-order chi connectivity index (χ1) is 38.3. The normalized spacial score (nSPS) is 19.1. The maximum absolute atomic E-state index is 8.63. The molecule has 6 aliphatic rings. The van der Waals surface area contributed by atoms with Gasteiger partial charge in [0.15, 0.2) is 0 Å². The number of aromatic nitrogens is 4. The molecule has 6 aliphatic heterocycles. The Balaban J connectivity index is -0.000000264. The second kappa shape index (κ2) is 61.1. The molecule has 2 unspecified atom stereocenters. The van der Waals surface area contributed by atoms with Gasteiger partial charge in [0.05, 0.1) is 48.1 Å². The van der Waals surface area contributed by atoms with Crippen LogP contribution in [0.25, 0.3) is 32.6 Å². The topological polar surface area (TPSA) is 444 Å². The molecule has 1 radical (unpaired) electrons. The van der Waals surface area contributed by atoms with Gasteiger partial charge in [0.25, 0.3) is 0 Å². The number of fused-ring (bicyclic) bond motifs is 9. The molecular weight excluding hydrogens is 1560 g/mol. The van der Waals surface area contributed by atoms with Gasteiger partial charge in [0.2, 0.25) is 11.8 Å². The van der Waals surface area contributed by atoms with Crippen LogP contribution in [0.2, 0.25) is 0 Å². The summed E-state index contributed by atoms with van der Waals surface area (Å²) in [7, 11) is 3.42. The van der Waals surface area contributed by atoms with E-state index >= 15 is 0 Å². The van der Waals surface area contributed by atoms with Crippen LogP contribution in [0, 0.1) is 94.7 Å². The monoisotopic (exact) mass is 1620 g/mol. The quantitative estimate of drug-likeness (QED) is 0.0811. The van der Waals surface area contributed by atoms with Crippen molar-refractivity contribution in [1.29, 1.82) is 31.6 Å². The molecule has 0 aliphatic carbocycles. The van der Waals surface area contributed by atoms with Gasteiger partial charge >= 0.3 is 407 Å². The zero-order chi connectivity index (χ0) is 59.4. The second-order valence-corrected chi connectivity index (χ2v) is 20.2. The van der Waals surface area contributed by atoms with Crippen LogP contribution in [0.1, 0.15) is 75.7 Å². The Morgan fingerprint density at radius 3 is 1.13 bits per heavy atom. The van der Waals surface area contributed by atoms with Gasteiger partial charge in [-0.25, -0.2) is 0 Å². The predicted octanol–water partition coefficient (Wildman–Crippen LogP) is -17.9. The third kappa shape index (κ3) is 33.5. The van der Waals surface area contributed by atoms with Crippen LogP contribution in [0.3, 0.4) is 0 Å². The van der Waals surface area contributed by atoms with Crippen molar-refractivity contribution in [2.45, 2.75) is 76.7 Å². The van der Waals surface area contributed by atoms with Gasteiger partial charge in [-0.3, -0.25) is 19.8 Å². The summed E-state index contributed by atoms with van der Waals surface area (Å²) in [6.07, 6.45) is 7.91. The Bertz CT molecular complexity index is 2960. The van der Waals surface area contributed by atoms with Gasteiger partial charge in [0.1, 0.15) is 23.7 Å². The van der Waals surface area contributed by atoms with Crippen molar-refractivity contribution in [2.24, 2.45) is 23.7 Å². The molecule has 0 amide bonds. The molecule has 3 aromatic heterocycles. The van der Waals surface area contributed by atoms with E-state index in [2.05, 4.69) is 72.2 Å². The van der Waals surface area contributed by atoms with Crippen molar-refractivity contribution < 1.29 is 452 Å². The summed E-state index contributed by atoms with van der Waals surface area (Å²) >= 11 is -6.06. The van der Waals surface area contributed by atoms with Crippen LogP contribution < -0.4 is 397 Å². The van der Waals surface area contributed by atoms with E-state index in [1.807, 2.05) is 36.7 Å². The molecule has 6 saturated heterocycles. The minimum absolute atomic E-state index is 0. The Morgan fingerprint density at radius 1 is 0.573 bits per heavy atom. The van der Waals surface area contributed by atoms with Gasteiger partial charge in [0, 0.05) is 47.4 Å². The number of nitrogens with zero attached hydrogens (tertiary/aromatic N) is 12. The van der Waals surface area contributed by atoms with Gasteiger partial charge in [-0.2, -0.15) is 0 Å². The summed E-state index contributed by atoms with van der Waals surface area (Å²) in [5, 5.41) is 67.8. The fourth-order valence-corrected chi connectivity index (χ4v) is 11.1. The van der Waals surface area contributed by atoms with E-state index in [4.69, 9.17) is 140 Å². The molecular formula is C55H58FeK7N12O13Os. The molecule has 4 bridgehead atoms. The summed E-state index contributed by atoms with van der Waals surface area (Å²) in [5.41, 5.74) is 4.01. The summed E-state index contributed by atoms with van der Waals surface area (Å²) in [5.74, 6) is 5.39. The third-order valence-electron chi connectivity index (χ3n) is 14.3. The van der Waals surface area contributed by atoms with Gasteiger partial charge in [-0.05, 0) is 129 Å². The Labute approximate surface area is 832 Å². The number of pyridine rings is 2. The number of carbonyl (C=O) groups is 1. The number of hydrogen-bond acceptors (Lipinski definition) is 23. The molecule has 25 nitrogen and oxygen atoms in total. The van der Waals surface area contributed by atoms with E-state index in [1.54, 1.807) is 14.2 Å². The fourth-order valence-electron chi connectivity index (χ4n) is 11.1. The standard InChI is InChI=1S/C48H54N6O4.6CN.CH2O3.Fe.7K.2H2O.4O.Os/c1-5-29-27-53-21-17-31(29)23-43(53)45(35-15-19-49-41-13-11-33(55-3)25-39(35)41)57-47-37-9-7-8-10-38(37)48(52-51-47)58-46(44-24-32-18-22-54(44)28-30(32)6-2)36-16-20-50-42-14-12-34(56-4)26-40(36)42;6*1-2;2-1(3)4;;;;;;;;;;;;;;;/h7-16,19-20,25-26,29-32,43-46H,5-6,17-18,21-24,27-28H2,1-4H3;;;;;;;(H2,2,3,4);;;;;;;;;2*1H2;;;;;/q;6*-1;;+3;7*+1;;;;;2*-1;/p-2/t29-,30-,31-,32-,43+,44+,45-,46-;;;;;;;;;;;;;;;;;;;;;;/m0....................../s1. The van der Waals surface area contributed by atoms with Gasteiger partial charge in [-0.1, -0.05) is 38.8 Å². The minimum atomic E-state index is -6.06. The molecule has 3 aromatic carbocycles. The van der Waals surface area contributed by atoms with E-state index in [0.717, 1.165) is 94.2 Å². The number of rotatable bonds is 12. The van der Waals surface area contributed by atoms with Crippen molar-refractivity contribution >= 4 is 38.7 Å². The molecule has 12 rings (SSSR count). The van der Waals surface area contributed by atoms with Crippen LogP contribution >= 0.6 is 0 Å². The molecule has 439 valence electrons. The number of ether oxygens (including phenoxy) is 4. The summed E-state index contributed by atoms with van der Waals surface area (Å²) in [6.45, 7) is 37.5. The molecule has 6 fully saturated rings. The van der Waals surface area contributed by atoms with Crippen LogP contribution in [0.4, 0.5) is 4.79 Å². The molecule has 9 heterocycles. The zero-order valence-electron chi connectivity index (χ0n) is 51.8. The van der Waals surface area contributed by atoms with E-state index < -0.39 is 21.8 Å². The molecule has 0 saturated carbocycles. The van der Waals surface area contributed by atoms with Crippen LogP contribution in [0.15, 0.2) is 85.2 Å². The Kier molecular flexibility index (Phi) is 76.1. The molecule has 34 heteroatoms. The van der Waals surface area contributed by atoms with E-state index in [9.17, 15) is 0 Å². The average molecular weight is 1610 g/mol. The Morgan fingerprint density at radius 2 is 0.876 bits per heavy atom.